The number of nitrogens with one attached hydrogen (secondary N) is 1. The number of hydrogen-bond acceptors (Lipinski definition) is 4. The number of nitriles is 1. The van der Waals surface area contributed by atoms with E-state index in [1.54, 1.807) is 11.3 Å². The maximum absolute atomic E-state index is 11.0. The highest BCUT2D eigenvalue weighted by Crippen LogP contribution is 2.45. The molecule has 5 heteroatoms. The Morgan fingerprint density at radius 3 is 1.83 bits per heavy atom. The van der Waals surface area contributed by atoms with E-state index in [1.807, 2.05) is 6.07 Å². The quantitative estimate of drug-likeness (QED) is 0.133. The van der Waals surface area contributed by atoms with Crippen LogP contribution >= 0.6 is 11.3 Å². The van der Waals surface area contributed by atoms with Crippen LogP contribution in [0.15, 0.2) is 145 Å². The van der Waals surface area contributed by atoms with Crippen molar-refractivity contribution in [3.05, 3.63) is 194 Å². The first-order valence-electron chi connectivity index (χ1n) is 20.7. The fourth-order valence-electron chi connectivity index (χ4n) is 8.47. The molecule has 0 amide bonds. The molecule has 1 aliphatic carbocycles. The molecule has 1 N–H and O–H groups in total. The Morgan fingerprint density at radius 1 is 0.678 bits per heavy atom. The Morgan fingerprint density at radius 2 is 1.25 bits per heavy atom. The summed E-state index contributed by atoms with van der Waals surface area (Å²) in [6.45, 7) is 20.5. The van der Waals surface area contributed by atoms with Crippen molar-refractivity contribution >= 4 is 45.4 Å². The molecule has 0 aliphatic heterocycles. The van der Waals surface area contributed by atoms with Gasteiger partial charge >= 0.3 is 0 Å². The minimum absolute atomic E-state index is 0.251. The molecule has 6 aromatic rings. The van der Waals surface area contributed by atoms with Crippen molar-refractivity contribution in [2.75, 3.05) is 10.2 Å². The summed E-state index contributed by atoms with van der Waals surface area (Å²) in [7, 11) is 0. The second-order valence-electron chi connectivity index (χ2n) is 16.1. The molecule has 1 heterocycles. The zero-order valence-electron chi connectivity index (χ0n) is 35.9. The molecule has 1 aromatic heterocycles. The zero-order chi connectivity index (χ0) is 41.8. The van der Waals surface area contributed by atoms with Crippen LogP contribution in [0.4, 0.5) is 22.7 Å². The third-order valence-corrected chi connectivity index (χ3v) is 12.4. The Hall–Kier alpha value is -6.22. The summed E-state index contributed by atoms with van der Waals surface area (Å²) in [5, 5.41) is 14.6. The maximum Gasteiger partial charge on any atom is 0.211 e. The molecule has 0 spiro atoms. The lowest BCUT2D eigenvalue weighted by atomic mass is 9.90. The average molecular weight is 792 g/mol. The molecule has 296 valence electrons. The summed E-state index contributed by atoms with van der Waals surface area (Å²) in [6, 6.07) is 44.0. The van der Waals surface area contributed by atoms with Crippen LogP contribution in [-0.2, 0) is 6.54 Å². The van der Waals surface area contributed by atoms with Crippen molar-refractivity contribution in [1.29, 1.82) is 5.26 Å². The first-order chi connectivity index (χ1) is 28.5. The molecule has 0 saturated heterocycles. The molecule has 4 nitrogen and oxygen atoms in total. The number of thiophene rings is 1. The van der Waals surface area contributed by atoms with Crippen molar-refractivity contribution in [1.82, 2.24) is 0 Å². The van der Waals surface area contributed by atoms with Crippen molar-refractivity contribution in [2.24, 2.45) is 0 Å². The minimum atomic E-state index is 0.251. The molecule has 7 rings (SSSR count). The zero-order valence-corrected chi connectivity index (χ0v) is 36.7. The summed E-state index contributed by atoms with van der Waals surface area (Å²) >= 11 is 1.72. The molecule has 0 fully saturated rings. The molecular formula is C54H55N4S+. The van der Waals surface area contributed by atoms with Crippen molar-refractivity contribution in [2.45, 2.75) is 80.9 Å². The molecule has 1 aliphatic rings. The fourth-order valence-corrected chi connectivity index (χ4v) is 9.77. The number of para-hydroxylation sites is 3. The highest BCUT2D eigenvalue weighted by Gasteiger charge is 2.28. The van der Waals surface area contributed by atoms with Crippen LogP contribution in [-0.4, -0.2) is 22.4 Å². The van der Waals surface area contributed by atoms with Gasteiger partial charge in [0, 0.05) is 67.3 Å². The highest BCUT2D eigenvalue weighted by molar-refractivity contribution is 7.14. The van der Waals surface area contributed by atoms with E-state index in [-0.39, 0.29) is 12.1 Å². The average Bonchev–Trinajstić information content (AvgIpc) is 3.59. The lowest BCUT2D eigenvalue weighted by Gasteiger charge is -2.32. The van der Waals surface area contributed by atoms with Crippen LogP contribution < -0.4 is 10.2 Å². The van der Waals surface area contributed by atoms with Gasteiger partial charge in [-0.25, -0.2) is 0 Å². The van der Waals surface area contributed by atoms with Gasteiger partial charge in [0.25, 0.3) is 0 Å². The normalized spacial score (nSPS) is 12.3. The smallest absolute Gasteiger partial charge is 0.211 e. The number of benzene rings is 5. The third kappa shape index (κ3) is 8.37. The van der Waals surface area contributed by atoms with E-state index < -0.39 is 0 Å². The van der Waals surface area contributed by atoms with E-state index in [2.05, 4.69) is 217 Å². The summed E-state index contributed by atoms with van der Waals surface area (Å²) in [5.41, 5.74) is 18.1. The Labute approximate surface area is 355 Å². The van der Waals surface area contributed by atoms with Gasteiger partial charge < -0.3 is 10.2 Å². The Bertz CT molecular complexity index is 2600. The molecule has 59 heavy (non-hydrogen) atoms. The number of allylic oxidation sites excluding steroid dienone is 5. The van der Waals surface area contributed by atoms with Crippen LogP contribution in [0.2, 0.25) is 0 Å². The first-order valence-corrected chi connectivity index (χ1v) is 21.5. The van der Waals surface area contributed by atoms with Crippen LogP contribution in [0, 0.1) is 45.9 Å². The van der Waals surface area contributed by atoms with E-state index in [0.717, 1.165) is 54.7 Å². The second kappa shape index (κ2) is 17.7. The van der Waals surface area contributed by atoms with Gasteiger partial charge in [-0.05, 0) is 126 Å². The molecule has 0 saturated carbocycles. The van der Waals surface area contributed by atoms with Crippen molar-refractivity contribution < 1.29 is 4.58 Å². The number of nitrogens with zero attached hydrogens (tertiary/aromatic N) is 3. The van der Waals surface area contributed by atoms with Gasteiger partial charge in [-0.1, -0.05) is 97.1 Å². The predicted octanol–water partition coefficient (Wildman–Crippen LogP) is 14.1. The van der Waals surface area contributed by atoms with E-state index in [9.17, 15) is 5.26 Å². The third-order valence-electron chi connectivity index (χ3n) is 11.2. The van der Waals surface area contributed by atoms with Gasteiger partial charge in [0.2, 0.25) is 11.4 Å². The molecule has 0 bridgehead atoms. The lowest BCUT2D eigenvalue weighted by Crippen LogP contribution is -2.26. The largest absolute Gasteiger partial charge is 0.380 e. The highest BCUT2D eigenvalue weighted by atomic mass is 32.1. The van der Waals surface area contributed by atoms with Crippen LogP contribution in [0.3, 0.4) is 0 Å². The van der Waals surface area contributed by atoms with E-state index in [0.29, 0.717) is 12.1 Å². The van der Waals surface area contributed by atoms with Gasteiger partial charge in [-0.2, -0.15) is 9.84 Å². The summed E-state index contributed by atoms with van der Waals surface area (Å²) in [5.74, 6) is 0. The maximum atomic E-state index is 11.0. The summed E-state index contributed by atoms with van der Waals surface area (Å²) in [6.07, 6.45) is 9.06. The topological polar surface area (TPSA) is 42.1 Å². The summed E-state index contributed by atoms with van der Waals surface area (Å²) < 4.78 is 2.45. The van der Waals surface area contributed by atoms with Crippen LogP contribution in [0.25, 0.3) is 16.7 Å². The van der Waals surface area contributed by atoms with Gasteiger partial charge in [0.05, 0.1) is 12.1 Å². The van der Waals surface area contributed by atoms with Gasteiger partial charge in [0.1, 0.15) is 6.07 Å². The van der Waals surface area contributed by atoms with E-state index >= 15 is 0 Å². The molecular weight excluding hydrogens is 737 g/mol. The Balaban J connectivity index is 1.45. The van der Waals surface area contributed by atoms with Gasteiger partial charge in [-0.3, -0.25) is 0 Å². The first kappa shape index (κ1) is 41.0. The van der Waals surface area contributed by atoms with Crippen LogP contribution in [0.5, 0.6) is 0 Å². The number of anilines is 3. The van der Waals surface area contributed by atoms with E-state index in [4.69, 9.17) is 0 Å². The Kier molecular flexibility index (Phi) is 12.3. The van der Waals surface area contributed by atoms with Crippen molar-refractivity contribution in [3.8, 4) is 17.2 Å². The lowest BCUT2D eigenvalue weighted by molar-refractivity contribution is -0.475. The van der Waals surface area contributed by atoms with Gasteiger partial charge in [0.15, 0.2) is 6.04 Å². The minimum Gasteiger partial charge on any atom is -0.380 e. The number of hydrogen-bond donors (Lipinski definition) is 1. The molecule has 5 aromatic carbocycles. The molecule has 0 atom stereocenters. The monoisotopic (exact) mass is 791 g/mol. The number of aryl methyl sites for hydroxylation is 5. The predicted molar refractivity (Wildman–Crippen MR) is 253 cm³/mol. The number of rotatable bonds is 11. The van der Waals surface area contributed by atoms with E-state index in [1.165, 1.54) is 39.2 Å². The summed E-state index contributed by atoms with van der Waals surface area (Å²) in [4.78, 5) is 4.54. The van der Waals surface area contributed by atoms with Crippen molar-refractivity contribution in [3.63, 3.8) is 0 Å². The fraction of sp³-hybridized carbons (Fsp3) is 0.222. The molecule has 0 radical (unpaired) electrons. The second-order valence-corrected chi connectivity index (χ2v) is 17.2. The van der Waals surface area contributed by atoms with Gasteiger partial charge in [-0.15, -0.1) is 11.3 Å². The SMILES string of the molecule is Cc1ccccc1NCc1sc(C(=C2C=CC(=[N+](c3c(C)cccc3C)C(C)C)C=C2)c2ccc(N(c3c(C)cccc3C)C(C)C)cc2)c(-c2ccccc2)c1C#N. The molecule has 0 unspecified atom stereocenters. The van der Waals surface area contributed by atoms with Crippen LogP contribution in [0.1, 0.15) is 76.4 Å². The standard InChI is InChI=1S/C54H55N4S/c1-35(2)57(52-38(6)18-15-19-39(52)7)45-29-25-43(26-30-45)50(44-27-31-46(32-28-44)58(36(3)4)53-40(8)20-16-21-41(53)9)54-51(42-22-11-10-12-23-42)47(33-55)49(59-54)34-56-48-24-14-13-17-37(48)5/h10-32,35-36,56H,34H2,1-9H3/q+1.